The summed E-state index contributed by atoms with van der Waals surface area (Å²) in [5, 5.41) is 2.93. The monoisotopic (exact) mass is 565 g/mol. The molecule has 0 heterocycles. The number of rotatable bonds is 11. The van der Waals surface area contributed by atoms with Crippen LogP contribution in [0, 0.1) is 6.92 Å². The summed E-state index contributed by atoms with van der Waals surface area (Å²) in [5.41, 5.74) is 1.73. The van der Waals surface area contributed by atoms with E-state index in [1.807, 2.05) is 58.9 Å². The van der Waals surface area contributed by atoms with E-state index in [2.05, 4.69) is 5.32 Å². The number of hydrogen-bond acceptors (Lipinski definition) is 5. The average Bonchev–Trinajstić information content (AvgIpc) is 2.91. The molecule has 2 amide bonds. The number of amides is 2. The molecule has 0 aliphatic heterocycles. The Labute approximate surface area is 238 Å². The van der Waals surface area contributed by atoms with Crippen LogP contribution in [0.5, 0.6) is 5.75 Å². The highest BCUT2D eigenvalue weighted by molar-refractivity contribution is 7.92. The van der Waals surface area contributed by atoms with Crippen LogP contribution >= 0.6 is 0 Å². The largest absolute Gasteiger partial charge is 0.494 e. The van der Waals surface area contributed by atoms with E-state index >= 15 is 0 Å². The van der Waals surface area contributed by atoms with Gasteiger partial charge >= 0.3 is 0 Å². The van der Waals surface area contributed by atoms with Crippen LogP contribution in [0.1, 0.15) is 45.7 Å². The highest BCUT2D eigenvalue weighted by Gasteiger charge is 2.33. The summed E-state index contributed by atoms with van der Waals surface area (Å²) in [4.78, 5) is 28.6. The second-order valence-electron chi connectivity index (χ2n) is 10.7. The number of carbonyl (C=O) groups excluding carboxylic acids is 2. The molecule has 3 aromatic rings. The molecule has 9 heteroatoms. The van der Waals surface area contributed by atoms with E-state index in [0.29, 0.717) is 18.0 Å². The van der Waals surface area contributed by atoms with Gasteiger partial charge in [-0.25, -0.2) is 8.42 Å². The molecule has 0 fully saturated rings. The molecule has 3 aromatic carbocycles. The van der Waals surface area contributed by atoms with Crippen LogP contribution in [0.15, 0.2) is 83.8 Å². The second kappa shape index (κ2) is 13.0. The minimum Gasteiger partial charge on any atom is -0.494 e. The number of hydrogen-bond donors (Lipinski definition) is 1. The second-order valence-corrected chi connectivity index (χ2v) is 12.5. The molecular formula is C31H39N3O5S. The molecule has 0 unspecified atom stereocenters. The highest BCUT2D eigenvalue weighted by atomic mass is 32.2. The van der Waals surface area contributed by atoms with Crippen molar-refractivity contribution in [1.29, 1.82) is 0 Å². The fourth-order valence-electron chi connectivity index (χ4n) is 4.07. The van der Waals surface area contributed by atoms with Crippen molar-refractivity contribution in [1.82, 2.24) is 10.2 Å². The lowest BCUT2D eigenvalue weighted by atomic mass is 10.1. The Balaban J connectivity index is 2.00. The SMILES string of the molecule is CCOc1ccc(S(=O)(=O)N(CC(=O)N(Cc2ccc(C)cc2)[C@H](C)C(=O)NC(C)(C)C)c2ccccc2)cc1. The minimum absolute atomic E-state index is 0.0243. The van der Waals surface area contributed by atoms with Crippen LogP contribution < -0.4 is 14.4 Å². The summed E-state index contributed by atoms with van der Waals surface area (Å²) in [5.74, 6) is -0.282. The van der Waals surface area contributed by atoms with Gasteiger partial charge in [-0.1, -0.05) is 48.0 Å². The fourth-order valence-corrected chi connectivity index (χ4v) is 5.49. The van der Waals surface area contributed by atoms with Crippen LogP contribution in [0.25, 0.3) is 0 Å². The number of sulfonamides is 1. The predicted octanol–water partition coefficient (Wildman–Crippen LogP) is 4.92. The summed E-state index contributed by atoms with van der Waals surface area (Å²) in [6.07, 6.45) is 0. The molecule has 214 valence electrons. The van der Waals surface area contributed by atoms with Crippen molar-refractivity contribution in [3.8, 4) is 5.75 Å². The first kappa shape index (κ1) is 30.7. The summed E-state index contributed by atoms with van der Waals surface area (Å²) >= 11 is 0. The lowest BCUT2D eigenvalue weighted by Crippen LogP contribution is -2.54. The molecule has 1 atom stereocenters. The van der Waals surface area contributed by atoms with Gasteiger partial charge in [-0.15, -0.1) is 0 Å². The predicted molar refractivity (Wildman–Crippen MR) is 158 cm³/mol. The molecule has 0 saturated carbocycles. The van der Waals surface area contributed by atoms with E-state index in [1.165, 1.54) is 17.0 Å². The van der Waals surface area contributed by atoms with Gasteiger partial charge in [0.2, 0.25) is 11.8 Å². The lowest BCUT2D eigenvalue weighted by Gasteiger charge is -2.33. The molecule has 0 bridgehead atoms. The van der Waals surface area contributed by atoms with Crippen molar-refractivity contribution >= 4 is 27.5 Å². The zero-order chi connectivity index (χ0) is 29.5. The molecule has 0 radical (unpaired) electrons. The molecule has 0 saturated heterocycles. The van der Waals surface area contributed by atoms with E-state index in [1.54, 1.807) is 49.4 Å². The number of ether oxygens (including phenoxy) is 1. The maximum atomic E-state index is 13.9. The molecule has 1 N–H and O–H groups in total. The van der Waals surface area contributed by atoms with E-state index < -0.39 is 34.1 Å². The summed E-state index contributed by atoms with van der Waals surface area (Å²) < 4.78 is 34.3. The van der Waals surface area contributed by atoms with Crippen molar-refractivity contribution in [3.05, 3.63) is 90.0 Å². The minimum atomic E-state index is -4.14. The Morgan fingerprint density at radius 3 is 2.08 bits per heavy atom. The van der Waals surface area contributed by atoms with E-state index in [9.17, 15) is 18.0 Å². The Bertz CT molecular complexity index is 1380. The normalized spacial score (nSPS) is 12.3. The third-order valence-corrected chi connectivity index (χ3v) is 7.97. The highest BCUT2D eigenvalue weighted by Crippen LogP contribution is 2.26. The Morgan fingerprint density at radius 2 is 1.52 bits per heavy atom. The van der Waals surface area contributed by atoms with Gasteiger partial charge in [-0.3, -0.25) is 13.9 Å². The summed E-state index contributed by atoms with van der Waals surface area (Å²) in [6, 6.07) is 21.4. The van der Waals surface area contributed by atoms with E-state index in [0.717, 1.165) is 15.4 Å². The average molecular weight is 566 g/mol. The van der Waals surface area contributed by atoms with Crippen molar-refractivity contribution in [2.75, 3.05) is 17.5 Å². The van der Waals surface area contributed by atoms with Gasteiger partial charge in [-0.2, -0.15) is 0 Å². The van der Waals surface area contributed by atoms with Gasteiger partial charge in [0.1, 0.15) is 18.3 Å². The van der Waals surface area contributed by atoms with Gasteiger partial charge in [0.25, 0.3) is 10.0 Å². The van der Waals surface area contributed by atoms with Crippen LogP contribution in [0.2, 0.25) is 0 Å². The molecule has 0 aliphatic carbocycles. The Morgan fingerprint density at radius 1 is 0.925 bits per heavy atom. The van der Waals surface area contributed by atoms with Gasteiger partial charge in [-0.05, 0) is 83.5 Å². The maximum Gasteiger partial charge on any atom is 0.264 e. The van der Waals surface area contributed by atoms with Gasteiger partial charge in [0, 0.05) is 12.1 Å². The zero-order valence-electron chi connectivity index (χ0n) is 24.0. The van der Waals surface area contributed by atoms with Crippen molar-refractivity contribution in [3.63, 3.8) is 0 Å². The summed E-state index contributed by atoms with van der Waals surface area (Å²) in [7, 11) is -4.14. The number of nitrogens with one attached hydrogen (secondary N) is 1. The third kappa shape index (κ3) is 8.08. The van der Waals surface area contributed by atoms with Gasteiger partial charge < -0.3 is 15.0 Å². The van der Waals surface area contributed by atoms with Crippen molar-refractivity contribution in [2.45, 2.75) is 64.6 Å². The zero-order valence-corrected chi connectivity index (χ0v) is 24.9. The number of aryl methyl sites for hydroxylation is 1. The number of anilines is 1. The van der Waals surface area contributed by atoms with Crippen LogP contribution in [0.3, 0.4) is 0 Å². The third-order valence-electron chi connectivity index (χ3n) is 6.18. The first-order valence-corrected chi connectivity index (χ1v) is 14.7. The molecule has 0 aromatic heterocycles. The lowest BCUT2D eigenvalue weighted by molar-refractivity contribution is -0.140. The Kier molecular flexibility index (Phi) is 9.98. The Hall–Kier alpha value is -3.85. The summed E-state index contributed by atoms with van der Waals surface area (Å²) in [6.45, 7) is 11.2. The standard InChI is InChI=1S/C31H39N3O5S/c1-7-39-27-17-19-28(20-18-27)40(37,38)34(26-11-9-8-10-12-26)22-29(35)33(21-25-15-13-23(2)14-16-25)24(3)30(36)32-31(4,5)6/h8-20,24H,7,21-22H2,1-6H3,(H,32,36)/t24-/m1/s1. The molecule has 8 nitrogen and oxygen atoms in total. The first-order chi connectivity index (χ1) is 18.8. The topological polar surface area (TPSA) is 96.0 Å². The maximum absolute atomic E-state index is 13.9. The van der Waals surface area contributed by atoms with E-state index in [4.69, 9.17) is 4.74 Å². The quantitative estimate of drug-likeness (QED) is 0.356. The molecule has 0 aliphatic rings. The van der Waals surface area contributed by atoms with Crippen molar-refractivity contribution in [2.24, 2.45) is 0 Å². The van der Waals surface area contributed by atoms with Crippen molar-refractivity contribution < 1.29 is 22.7 Å². The van der Waals surface area contributed by atoms with Crippen LogP contribution in [-0.2, 0) is 26.2 Å². The molecule has 0 spiro atoms. The number of nitrogens with zero attached hydrogens (tertiary/aromatic N) is 2. The van der Waals surface area contributed by atoms with Crippen LogP contribution in [0.4, 0.5) is 5.69 Å². The first-order valence-electron chi connectivity index (χ1n) is 13.3. The van der Waals surface area contributed by atoms with E-state index in [-0.39, 0.29) is 17.3 Å². The van der Waals surface area contributed by atoms with Gasteiger partial charge in [0.05, 0.1) is 17.2 Å². The number of carbonyl (C=O) groups is 2. The molecule has 3 rings (SSSR count). The smallest absolute Gasteiger partial charge is 0.264 e. The number of para-hydroxylation sites is 1. The fraction of sp³-hybridized carbons (Fsp3) is 0.355. The van der Waals surface area contributed by atoms with Gasteiger partial charge in [0.15, 0.2) is 0 Å². The molecule has 40 heavy (non-hydrogen) atoms. The molecular weight excluding hydrogens is 526 g/mol. The number of benzene rings is 3. The van der Waals surface area contributed by atoms with Crippen LogP contribution in [-0.4, -0.2) is 49.9 Å².